The van der Waals surface area contributed by atoms with E-state index >= 15 is 4.79 Å². The summed E-state index contributed by atoms with van der Waals surface area (Å²) in [6, 6.07) is 16.0. The number of hydrogen-bond acceptors (Lipinski definition) is 7. The number of esters is 1. The number of carbonyl (C=O) groups excluding carboxylic acids is 4. The Kier molecular flexibility index (Phi) is 10.7. The van der Waals surface area contributed by atoms with Crippen LogP contribution in [0, 0.1) is 11.8 Å². The number of rotatable bonds is 8. The Hall–Kier alpha value is -3.80. The zero-order valence-electron chi connectivity index (χ0n) is 27.9. The summed E-state index contributed by atoms with van der Waals surface area (Å²) in [5, 5.41) is 13.9. The van der Waals surface area contributed by atoms with E-state index in [0.717, 1.165) is 24.0 Å². The molecule has 6 rings (SSSR count). The van der Waals surface area contributed by atoms with Crippen LogP contribution in [0.4, 0.5) is 0 Å². The number of allylic oxidation sites excluding steroid dienone is 1. The van der Waals surface area contributed by atoms with E-state index in [9.17, 15) is 19.5 Å². The van der Waals surface area contributed by atoms with Gasteiger partial charge in [-0.05, 0) is 43.4 Å². The molecule has 10 nitrogen and oxygen atoms in total. The molecule has 2 aromatic rings. The molecule has 49 heavy (non-hydrogen) atoms. The minimum Gasteiger partial charge on any atom is -0.463 e. The van der Waals surface area contributed by atoms with Gasteiger partial charge in [0.1, 0.15) is 24.4 Å². The normalized spacial score (nSPS) is 30.8. The van der Waals surface area contributed by atoms with Crippen molar-refractivity contribution in [3.05, 3.63) is 94.5 Å². The largest absolute Gasteiger partial charge is 0.463 e. The maximum atomic E-state index is 15.1. The number of fused-ring (bicyclic) bond motifs is 2. The minimum absolute atomic E-state index is 0.0868. The zero-order chi connectivity index (χ0) is 34.7. The summed E-state index contributed by atoms with van der Waals surface area (Å²) >= 11 is 3.63. The average molecular weight is 735 g/mol. The van der Waals surface area contributed by atoms with Crippen molar-refractivity contribution in [2.24, 2.45) is 11.8 Å². The molecule has 2 aromatic carbocycles. The fourth-order valence-corrected chi connectivity index (χ4v) is 8.65. The number of carbonyl (C=O) groups is 4. The third-order valence-electron chi connectivity index (χ3n) is 10.3. The molecule has 4 aliphatic heterocycles. The molecular formula is C38H44BrN3O7. The van der Waals surface area contributed by atoms with Gasteiger partial charge in [-0.2, -0.15) is 0 Å². The molecule has 0 aliphatic carbocycles. The summed E-state index contributed by atoms with van der Waals surface area (Å²) in [6.07, 6.45) is 7.18. The van der Waals surface area contributed by atoms with Crippen molar-refractivity contribution in [1.82, 2.24) is 15.1 Å². The summed E-state index contributed by atoms with van der Waals surface area (Å²) in [5.41, 5.74) is 0.201. The zero-order valence-corrected chi connectivity index (χ0v) is 29.5. The van der Waals surface area contributed by atoms with Crippen molar-refractivity contribution < 1.29 is 33.8 Å². The minimum atomic E-state index is -1.44. The molecule has 1 unspecified atom stereocenters. The van der Waals surface area contributed by atoms with Crippen molar-refractivity contribution >= 4 is 39.6 Å². The number of amides is 3. The number of likely N-dealkylation sites (tertiary alicyclic amines) is 1. The molecule has 1 spiro atoms. The highest BCUT2D eigenvalue weighted by molar-refractivity contribution is 9.11. The van der Waals surface area contributed by atoms with Gasteiger partial charge in [-0.3, -0.25) is 19.2 Å². The van der Waals surface area contributed by atoms with Crippen molar-refractivity contribution in [3.63, 3.8) is 0 Å². The number of ether oxygens (including phenoxy) is 2. The van der Waals surface area contributed by atoms with Crippen LogP contribution in [0.5, 0.6) is 0 Å². The second-order valence-corrected chi connectivity index (χ2v) is 14.3. The molecule has 260 valence electrons. The Morgan fingerprint density at radius 2 is 1.73 bits per heavy atom. The van der Waals surface area contributed by atoms with Crippen LogP contribution in [-0.4, -0.2) is 88.2 Å². The highest BCUT2D eigenvalue weighted by Crippen LogP contribution is 2.59. The van der Waals surface area contributed by atoms with E-state index in [2.05, 4.69) is 28.2 Å². The second kappa shape index (κ2) is 15.0. The molecule has 4 aliphatic rings. The first-order valence-electron chi connectivity index (χ1n) is 17.2. The van der Waals surface area contributed by atoms with Crippen molar-refractivity contribution in [1.29, 1.82) is 0 Å². The Morgan fingerprint density at radius 1 is 1.02 bits per heavy atom. The van der Waals surface area contributed by atoms with Crippen LogP contribution in [0.1, 0.15) is 56.7 Å². The van der Waals surface area contributed by atoms with E-state index in [1.165, 1.54) is 4.90 Å². The van der Waals surface area contributed by atoms with Crippen LogP contribution < -0.4 is 5.32 Å². The lowest BCUT2D eigenvalue weighted by Crippen LogP contribution is -2.60. The van der Waals surface area contributed by atoms with Crippen LogP contribution in [0.2, 0.25) is 0 Å². The van der Waals surface area contributed by atoms with Gasteiger partial charge in [0.15, 0.2) is 0 Å². The maximum absolute atomic E-state index is 15.1. The van der Waals surface area contributed by atoms with Crippen molar-refractivity contribution in [2.75, 3.05) is 19.8 Å². The third kappa shape index (κ3) is 6.72. The molecule has 0 radical (unpaired) electrons. The van der Waals surface area contributed by atoms with Gasteiger partial charge in [0.05, 0.1) is 30.5 Å². The summed E-state index contributed by atoms with van der Waals surface area (Å²) < 4.78 is 12.9. The fourth-order valence-electron chi connectivity index (χ4n) is 7.91. The van der Waals surface area contributed by atoms with Gasteiger partial charge >= 0.3 is 5.97 Å². The first-order valence-corrected chi connectivity index (χ1v) is 18.0. The predicted molar refractivity (Wildman–Crippen MR) is 186 cm³/mol. The molecule has 2 fully saturated rings. The molecular weight excluding hydrogens is 690 g/mol. The van der Waals surface area contributed by atoms with Crippen molar-refractivity contribution in [2.45, 2.75) is 81.8 Å². The Labute approximate surface area is 295 Å². The molecule has 3 amide bonds. The number of aliphatic hydroxyl groups excluding tert-OH is 1. The second-order valence-electron chi connectivity index (χ2n) is 13.4. The topological polar surface area (TPSA) is 125 Å². The molecule has 4 heterocycles. The lowest BCUT2D eigenvalue weighted by atomic mass is 9.74. The smallest absolute Gasteiger partial charge is 0.306 e. The molecule has 0 saturated carbocycles. The summed E-state index contributed by atoms with van der Waals surface area (Å²) in [5.74, 6) is -3.57. The van der Waals surface area contributed by atoms with Gasteiger partial charge < -0.3 is 29.7 Å². The number of nitrogens with one attached hydrogen (secondary N) is 1. The van der Waals surface area contributed by atoms with Crippen LogP contribution in [0.25, 0.3) is 0 Å². The van der Waals surface area contributed by atoms with Gasteiger partial charge in [0.25, 0.3) is 0 Å². The van der Waals surface area contributed by atoms with Crippen LogP contribution in [0.3, 0.4) is 0 Å². The van der Waals surface area contributed by atoms with E-state index in [1.807, 2.05) is 79.7 Å². The summed E-state index contributed by atoms with van der Waals surface area (Å²) in [7, 11) is 0. The van der Waals surface area contributed by atoms with Crippen LogP contribution >= 0.6 is 15.9 Å². The Balaban J connectivity index is 1.46. The lowest BCUT2D eigenvalue weighted by Gasteiger charge is -2.40. The first kappa shape index (κ1) is 35.0. The Morgan fingerprint density at radius 3 is 2.43 bits per heavy atom. The van der Waals surface area contributed by atoms with Crippen LogP contribution in [0.15, 0.2) is 83.4 Å². The van der Waals surface area contributed by atoms with Gasteiger partial charge in [-0.15, -0.1) is 0 Å². The summed E-state index contributed by atoms with van der Waals surface area (Å²) in [6.45, 7) is 3.82. The highest BCUT2D eigenvalue weighted by Gasteiger charge is 2.75. The quantitative estimate of drug-likeness (QED) is 0.308. The molecule has 2 saturated heterocycles. The number of nitrogens with zero attached hydrogens (tertiary/aromatic N) is 2. The first-order chi connectivity index (χ1) is 23.7. The number of halogens is 1. The molecule has 0 aromatic heterocycles. The number of benzene rings is 2. The average Bonchev–Trinajstić information content (AvgIpc) is 3.70. The van der Waals surface area contributed by atoms with E-state index in [4.69, 9.17) is 9.47 Å². The predicted octanol–water partition coefficient (Wildman–Crippen LogP) is 4.23. The summed E-state index contributed by atoms with van der Waals surface area (Å²) in [4.78, 5) is 60.4. The molecule has 8 atom stereocenters. The van der Waals surface area contributed by atoms with Crippen LogP contribution in [-0.2, 0) is 35.1 Å². The van der Waals surface area contributed by atoms with E-state index in [0.29, 0.717) is 17.3 Å². The molecule has 11 heteroatoms. The maximum Gasteiger partial charge on any atom is 0.306 e. The van der Waals surface area contributed by atoms with Gasteiger partial charge in [0.2, 0.25) is 17.7 Å². The molecule has 5 bridgehead atoms. The number of cyclic esters (lactones) is 1. The van der Waals surface area contributed by atoms with E-state index in [1.54, 1.807) is 11.0 Å². The Bertz CT molecular complexity index is 1600. The monoisotopic (exact) mass is 733 g/mol. The standard InChI is InChI=1S/C38H44BrN3O7/c1-3-13-24(2)41-19-12-6-11-18-30(44)48-23-29(26-16-9-5-10-17-26)40-35(45)31-32-36(46)42(27(22-43)20-25-14-7-4-8-15-25)34(37(41)47)38(32)21-28(39)33(31)49-38/h4-10,12,14-17,21,24,27,29,31-34,43H,3,11,13,18-20,22-23H2,1-2H3,(H,40,45)/b12-6-/t24?,27-,29+,31+,32-,33+,34+,38-/m1/s1. The van der Waals surface area contributed by atoms with E-state index in [-0.39, 0.29) is 38.1 Å². The number of aliphatic hydroxyl groups is 1. The highest BCUT2D eigenvalue weighted by atomic mass is 79.9. The van der Waals surface area contributed by atoms with Crippen molar-refractivity contribution in [3.8, 4) is 0 Å². The van der Waals surface area contributed by atoms with Gasteiger partial charge in [-0.25, -0.2) is 0 Å². The lowest BCUT2D eigenvalue weighted by molar-refractivity contribution is -0.151. The fraction of sp³-hybridized carbons (Fsp3) is 0.474. The van der Waals surface area contributed by atoms with E-state index < -0.39 is 59.5 Å². The van der Waals surface area contributed by atoms with Gasteiger partial charge in [-0.1, -0.05) is 102 Å². The molecule has 2 N–H and O–H groups in total. The van der Waals surface area contributed by atoms with Gasteiger partial charge in [0, 0.05) is 23.5 Å². The number of hydrogen-bond donors (Lipinski definition) is 2. The third-order valence-corrected chi connectivity index (χ3v) is 10.9. The SMILES string of the molecule is CCCC(C)N1C/C=C\CCC(=O)OC[C@@H](c2ccccc2)NC(=O)[C@@H]2[C@H]3O[C@@]4(C=C3Br)[C@H](C1=O)N([C@@H](CO)Cc1ccccc1)C(=O)[C@@H]24.